The van der Waals surface area contributed by atoms with E-state index in [4.69, 9.17) is 4.74 Å². The minimum atomic E-state index is 0.227. The molecule has 2 rings (SSSR count). The van der Waals surface area contributed by atoms with E-state index in [9.17, 15) is 0 Å². The molecule has 0 saturated carbocycles. The van der Waals surface area contributed by atoms with Gasteiger partial charge in [0.15, 0.2) is 0 Å². The number of nitrogens with zero attached hydrogens (tertiary/aromatic N) is 3. The molecule has 5 nitrogen and oxygen atoms in total. The fourth-order valence-corrected chi connectivity index (χ4v) is 3.50. The molecule has 0 amide bonds. The van der Waals surface area contributed by atoms with E-state index in [1.165, 1.54) is 5.69 Å². The molecule has 1 N–H and O–H groups in total. The van der Waals surface area contributed by atoms with Gasteiger partial charge in [-0.3, -0.25) is 4.68 Å². The second-order valence-corrected chi connectivity index (χ2v) is 6.25. The molecule has 0 aromatic carbocycles. The van der Waals surface area contributed by atoms with Gasteiger partial charge in [-0.15, -0.1) is 0 Å². The number of halogens is 1. The molecule has 1 aromatic rings. The van der Waals surface area contributed by atoms with Crippen molar-refractivity contribution in [1.29, 1.82) is 0 Å². The topological polar surface area (TPSA) is 42.3 Å². The highest BCUT2D eigenvalue weighted by molar-refractivity contribution is 9.10. The molecular weight excluding hydrogens is 320 g/mol. The third-order valence-electron chi connectivity index (χ3n) is 4.03. The zero-order valence-corrected chi connectivity index (χ0v) is 14.4. The molecule has 2 unspecified atom stereocenters. The van der Waals surface area contributed by atoms with Crippen molar-refractivity contribution in [3.8, 4) is 0 Å². The number of nitrogens with one attached hydrogen (secondary N) is 1. The third kappa shape index (κ3) is 3.42. The van der Waals surface area contributed by atoms with E-state index in [1.807, 2.05) is 18.8 Å². The molecule has 20 heavy (non-hydrogen) atoms. The van der Waals surface area contributed by atoms with Crippen LogP contribution in [0.15, 0.2) is 4.47 Å². The summed E-state index contributed by atoms with van der Waals surface area (Å²) in [7, 11) is 6.17. The predicted octanol–water partition coefficient (Wildman–Crippen LogP) is 1.21. The highest BCUT2D eigenvalue weighted by Gasteiger charge is 2.27. The lowest BCUT2D eigenvalue weighted by atomic mass is 10.0. The number of morpholine rings is 1. The normalized spacial score (nSPS) is 22.1. The number of ether oxygens (including phenoxy) is 1. The van der Waals surface area contributed by atoms with E-state index in [0.29, 0.717) is 6.04 Å². The van der Waals surface area contributed by atoms with Crippen molar-refractivity contribution < 1.29 is 4.74 Å². The standard InChI is InChI=1S/C14H25BrN4O/c1-5-10-14(15)12(19(4)17-10)8-11(16-2)13-9-18(3)6-7-20-13/h11,13,16H,5-9H2,1-4H3. The predicted molar refractivity (Wildman–Crippen MR) is 84.1 cm³/mol. The minimum absolute atomic E-state index is 0.227. The fraction of sp³-hybridized carbons (Fsp3) is 0.786. The Morgan fingerprint density at radius 2 is 2.25 bits per heavy atom. The van der Waals surface area contributed by atoms with E-state index in [-0.39, 0.29) is 6.10 Å². The maximum absolute atomic E-state index is 5.94. The second kappa shape index (κ2) is 7.02. The third-order valence-corrected chi connectivity index (χ3v) is 4.95. The van der Waals surface area contributed by atoms with Gasteiger partial charge in [0.1, 0.15) is 0 Å². The first kappa shape index (κ1) is 15.9. The molecule has 2 atom stereocenters. The van der Waals surface area contributed by atoms with Crippen molar-refractivity contribution in [2.45, 2.75) is 31.9 Å². The first-order chi connectivity index (χ1) is 9.56. The Bertz CT molecular complexity index is 449. The number of hydrogen-bond acceptors (Lipinski definition) is 4. The summed E-state index contributed by atoms with van der Waals surface area (Å²) in [5.74, 6) is 0. The monoisotopic (exact) mass is 344 g/mol. The first-order valence-electron chi connectivity index (χ1n) is 7.24. The lowest BCUT2D eigenvalue weighted by Gasteiger charge is -2.35. The van der Waals surface area contributed by atoms with E-state index < -0.39 is 0 Å². The molecule has 0 radical (unpaired) electrons. The van der Waals surface area contributed by atoms with Crippen LogP contribution in [0, 0.1) is 0 Å². The van der Waals surface area contributed by atoms with Crippen LogP contribution in [0.25, 0.3) is 0 Å². The van der Waals surface area contributed by atoms with Gasteiger partial charge in [0.05, 0.1) is 28.6 Å². The number of hydrogen-bond donors (Lipinski definition) is 1. The van der Waals surface area contributed by atoms with Crippen molar-refractivity contribution in [1.82, 2.24) is 20.0 Å². The summed E-state index contributed by atoms with van der Waals surface area (Å²) in [6.07, 6.45) is 2.09. The summed E-state index contributed by atoms with van der Waals surface area (Å²) < 4.78 is 9.07. The van der Waals surface area contributed by atoms with Crippen LogP contribution in [0.5, 0.6) is 0 Å². The van der Waals surface area contributed by atoms with Crippen molar-refractivity contribution >= 4 is 15.9 Å². The summed E-state index contributed by atoms with van der Waals surface area (Å²) in [6, 6.07) is 0.300. The van der Waals surface area contributed by atoms with Gasteiger partial charge in [0, 0.05) is 32.6 Å². The maximum atomic E-state index is 5.94. The molecule has 0 spiro atoms. The molecule has 1 aromatic heterocycles. The Hall–Kier alpha value is -0.430. The second-order valence-electron chi connectivity index (χ2n) is 5.46. The van der Waals surface area contributed by atoms with Gasteiger partial charge in [-0.05, 0) is 36.4 Å². The Morgan fingerprint density at radius 1 is 1.50 bits per heavy atom. The molecule has 1 fully saturated rings. The summed E-state index contributed by atoms with van der Waals surface area (Å²) in [5.41, 5.74) is 2.36. The minimum Gasteiger partial charge on any atom is -0.374 e. The van der Waals surface area contributed by atoms with Crippen molar-refractivity contribution in [3.63, 3.8) is 0 Å². The Kier molecular flexibility index (Phi) is 5.60. The zero-order chi connectivity index (χ0) is 14.7. The molecule has 0 bridgehead atoms. The summed E-state index contributed by atoms with van der Waals surface area (Å²) in [6.45, 7) is 4.93. The number of aromatic nitrogens is 2. The summed E-state index contributed by atoms with van der Waals surface area (Å²) in [4.78, 5) is 2.33. The lowest BCUT2D eigenvalue weighted by molar-refractivity contribution is -0.0374. The summed E-state index contributed by atoms with van der Waals surface area (Å²) in [5, 5.41) is 7.98. The molecule has 114 valence electrons. The van der Waals surface area contributed by atoms with E-state index in [1.54, 1.807) is 0 Å². The van der Waals surface area contributed by atoms with Crippen molar-refractivity contribution in [2.75, 3.05) is 33.8 Å². The number of likely N-dealkylation sites (N-methyl/N-ethyl adjacent to an activating group) is 2. The van der Waals surface area contributed by atoms with Gasteiger partial charge in [-0.2, -0.15) is 5.10 Å². The van der Waals surface area contributed by atoms with Crippen LogP contribution < -0.4 is 5.32 Å². The van der Waals surface area contributed by atoms with Gasteiger partial charge in [-0.25, -0.2) is 0 Å². The molecular formula is C14H25BrN4O. The molecule has 2 heterocycles. The van der Waals surface area contributed by atoms with Gasteiger partial charge < -0.3 is 15.0 Å². The van der Waals surface area contributed by atoms with Gasteiger partial charge in [0.2, 0.25) is 0 Å². The van der Waals surface area contributed by atoms with Crippen LogP contribution in [-0.4, -0.2) is 60.6 Å². The largest absolute Gasteiger partial charge is 0.374 e. The molecule has 6 heteroatoms. The first-order valence-corrected chi connectivity index (χ1v) is 8.03. The summed E-state index contributed by atoms with van der Waals surface area (Å²) >= 11 is 3.69. The Morgan fingerprint density at radius 3 is 2.80 bits per heavy atom. The van der Waals surface area contributed by atoms with E-state index >= 15 is 0 Å². The van der Waals surface area contributed by atoms with Crippen molar-refractivity contribution in [3.05, 3.63) is 15.9 Å². The fourth-order valence-electron chi connectivity index (χ4n) is 2.72. The zero-order valence-electron chi connectivity index (χ0n) is 12.8. The molecule has 1 aliphatic heterocycles. The van der Waals surface area contributed by atoms with Crippen molar-refractivity contribution in [2.24, 2.45) is 7.05 Å². The number of rotatable bonds is 5. The van der Waals surface area contributed by atoms with E-state index in [2.05, 4.69) is 45.2 Å². The molecule has 1 aliphatic rings. The maximum Gasteiger partial charge on any atom is 0.0858 e. The quantitative estimate of drug-likeness (QED) is 0.871. The highest BCUT2D eigenvalue weighted by atomic mass is 79.9. The van der Waals surface area contributed by atoms with Crippen LogP contribution in [0.1, 0.15) is 18.3 Å². The Labute approximate surface area is 129 Å². The number of aryl methyl sites for hydroxylation is 2. The van der Waals surface area contributed by atoms with Gasteiger partial charge in [0.25, 0.3) is 0 Å². The van der Waals surface area contributed by atoms with Crippen LogP contribution in [0.2, 0.25) is 0 Å². The van der Waals surface area contributed by atoms with Crippen LogP contribution >= 0.6 is 15.9 Å². The average Bonchev–Trinajstić information content (AvgIpc) is 2.71. The van der Waals surface area contributed by atoms with Gasteiger partial charge in [-0.1, -0.05) is 6.92 Å². The Balaban J connectivity index is 2.11. The van der Waals surface area contributed by atoms with Crippen LogP contribution in [0.3, 0.4) is 0 Å². The van der Waals surface area contributed by atoms with Crippen LogP contribution in [-0.2, 0) is 24.6 Å². The lowest BCUT2D eigenvalue weighted by Crippen LogP contribution is -2.51. The molecule has 1 saturated heterocycles. The highest BCUT2D eigenvalue weighted by Crippen LogP contribution is 2.24. The van der Waals surface area contributed by atoms with E-state index in [0.717, 1.165) is 42.7 Å². The average molecular weight is 345 g/mol. The SMILES string of the molecule is CCc1nn(C)c(CC(NC)C2CN(C)CCO2)c1Br. The smallest absolute Gasteiger partial charge is 0.0858 e. The van der Waals surface area contributed by atoms with Crippen LogP contribution in [0.4, 0.5) is 0 Å². The molecule has 0 aliphatic carbocycles. The van der Waals surface area contributed by atoms with Gasteiger partial charge >= 0.3 is 0 Å².